The van der Waals surface area contributed by atoms with Gasteiger partial charge in [0.1, 0.15) is 0 Å². The van der Waals surface area contributed by atoms with E-state index < -0.39 is 38.7 Å². The normalized spacial score (nSPS) is 27.3. The topological polar surface area (TPSA) is 104 Å². The number of fused-ring (bicyclic) bond motifs is 1. The van der Waals surface area contributed by atoms with Crippen LogP contribution in [-0.4, -0.2) is 73.2 Å². The Morgan fingerprint density at radius 2 is 1.77 bits per heavy atom. The van der Waals surface area contributed by atoms with Gasteiger partial charge >= 0.3 is 5.97 Å². The number of hydrogen-bond acceptors (Lipinski definition) is 8. The monoisotopic (exact) mass is 558 g/mol. The van der Waals surface area contributed by atoms with Gasteiger partial charge in [0.2, 0.25) is 15.9 Å². The van der Waals surface area contributed by atoms with Crippen molar-refractivity contribution in [2.24, 2.45) is 0 Å². The third kappa shape index (κ3) is 5.08. The molecule has 2 aliphatic heterocycles. The molecule has 3 heterocycles. The Morgan fingerprint density at radius 1 is 1.10 bits per heavy atom. The third-order valence-corrected chi connectivity index (χ3v) is 10.7. The summed E-state index contributed by atoms with van der Waals surface area (Å²) >= 11 is 0. The molecular weight excluding hydrogens is 520 g/mol. The second kappa shape index (κ2) is 10.5. The molecule has 1 saturated carbocycles. The van der Waals surface area contributed by atoms with Crippen LogP contribution in [0.15, 0.2) is 36.4 Å². The van der Waals surface area contributed by atoms with Crippen LogP contribution >= 0.6 is 0 Å². The fourth-order valence-corrected chi connectivity index (χ4v) is 8.58. The Morgan fingerprint density at radius 3 is 2.36 bits per heavy atom. The third-order valence-electron chi connectivity index (χ3n) is 8.21. The zero-order chi connectivity index (χ0) is 28.0. The summed E-state index contributed by atoms with van der Waals surface area (Å²) in [5, 5.41) is 0. The van der Waals surface area contributed by atoms with Crippen LogP contribution < -0.4 is 4.74 Å². The summed E-state index contributed by atoms with van der Waals surface area (Å²) in [7, 11) is -2.76. The highest BCUT2D eigenvalue weighted by atomic mass is 32.2. The van der Waals surface area contributed by atoms with Gasteiger partial charge in [-0.25, -0.2) is 17.7 Å². The highest BCUT2D eigenvalue weighted by Crippen LogP contribution is 2.48. The summed E-state index contributed by atoms with van der Waals surface area (Å²) in [5.74, 6) is -0.714. The second-order valence-corrected chi connectivity index (χ2v) is 13.4. The molecule has 10 heteroatoms. The molecule has 0 spiro atoms. The molecule has 9 nitrogen and oxygen atoms in total. The number of pyridine rings is 1. The van der Waals surface area contributed by atoms with Crippen LogP contribution in [0.1, 0.15) is 63.5 Å². The van der Waals surface area contributed by atoms with Crippen molar-refractivity contribution < 1.29 is 32.2 Å². The fourth-order valence-electron chi connectivity index (χ4n) is 6.35. The van der Waals surface area contributed by atoms with Crippen molar-refractivity contribution in [3.8, 4) is 17.1 Å². The molecule has 3 aliphatic rings. The minimum atomic E-state index is -4.00. The number of carbonyl (C=O) groups excluding carboxylic acids is 1. The van der Waals surface area contributed by atoms with Crippen LogP contribution in [0, 0.1) is 6.92 Å². The lowest BCUT2D eigenvalue weighted by Crippen LogP contribution is -2.55. The Hall–Kier alpha value is -2.53. The smallest absolute Gasteiger partial charge is 0.328 e. The molecular formula is C29H38N2O7S. The number of hydrogen-bond donors (Lipinski definition) is 0. The Kier molecular flexibility index (Phi) is 7.52. The van der Waals surface area contributed by atoms with Crippen LogP contribution in [0.2, 0.25) is 0 Å². The van der Waals surface area contributed by atoms with E-state index in [1.165, 1.54) is 17.0 Å². The van der Waals surface area contributed by atoms with Gasteiger partial charge in [0.05, 0.1) is 31.6 Å². The average molecular weight is 559 g/mol. The number of aryl methyl sites for hydroxylation is 1. The Balaban J connectivity index is 1.30. The quantitative estimate of drug-likeness (QED) is 0.466. The molecule has 5 rings (SSSR count). The summed E-state index contributed by atoms with van der Waals surface area (Å²) in [6.07, 6.45) is 0.485. The number of aromatic nitrogens is 1. The maximum absolute atomic E-state index is 14.0. The standard InChI is InChI=1S/C29H38N2O7S/c1-6-36-26-9-7-8-23(30-26)22-11-10-21(16-19(22)2)20-12-14-31(15-13-20)39(33,34)29(27(32)35-5)17-24-25(18-29)38-28(3,4)37-24/h7-11,16,20,24-25H,6,12-15,17-18H2,1-5H3. The van der Waals surface area contributed by atoms with E-state index in [4.69, 9.17) is 18.9 Å². The average Bonchev–Trinajstić information content (AvgIpc) is 3.40. The SMILES string of the molecule is CCOc1cccc(-c2ccc(C3CCN(S(=O)(=O)C4(C(=O)OC)CC5OC(C)(C)OC5C4)CC3)cc2C)n1. The number of sulfonamides is 1. The highest BCUT2D eigenvalue weighted by molar-refractivity contribution is 7.91. The molecule has 0 amide bonds. The van der Waals surface area contributed by atoms with Crippen LogP contribution in [0.4, 0.5) is 0 Å². The van der Waals surface area contributed by atoms with Gasteiger partial charge in [-0.15, -0.1) is 0 Å². The van der Waals surface area contributed by atoms with E-state index >= 15 is 0 Å². The molecule has 212 valence electrons. The van der Waals surface area contributed by atoms with Crippen molar-refractivity contribution in [2.45, 2.75) is 82.0 Å². The molecule has 2 aromatic rings. The molecule has 0 radical (unpaired) electrons. The van der Waals surface area contributed by atoms with E-state index in [0.29, 0.717) is 38.4 Å². The number of rotatable bonds is 7. The van der Waals surface area contributed by atoms with Crippen LogP contribution in [0.3, 0.4) is 0 Å². The lowest BCUT2D eigenvalue weighted by atomic mass is 9.88. The zero-order valence-electron chi connectivity index (χ0n) is 23.3. The highest BCUT2D eigenvalue weighted by Gasteiger charge is 2.65. The van der Waals surface area contributed by atoms with Gasteiger partial charge in [0.25, 0.3) is 0 Å². The lowest BCUT2D eigenvalue weighted by molar-refractivity contribution is -0.160. The van der Waals surface area contributed by atoms with E-state index in [2.05, 4.69) is 30.1 Å². The number of methoxy groups -OCH3 is 1. The second-order valence-electron chi connectivity index (χ2n) is 11.2. The van der Waals surface area contributed by atoms with E-state index in [1.807, 2.05) is 25.1 Å². The van der Waals surface area contributed by atoms with Crippen molar-refractivity contribution in [3.05, 3.63) is 47.5 Å². The first kappa shape index (κ1) is 28.0. The first-order valence-corrected chi connectivity index (χ1v) is 15.1. The van der Waals surface area contributed by atoms with Crippen molar-refractivity contribution in [1.82, 2.24) is 9.29 Å². The van der Waals surface area contributed by atoms with Gasteiger partial charge in [-0.3, -0.25) is 4.79 Å². The zero-order valence-corrected chi connectivity index (χ0v) is 24.1. The van der Waals surface area contributed by atoms with Gasteiger partial charge in [0, 0.05) is 37.6 Å². The van der Waals surface area contributed by atoms with E-state index in [-0.39, 0.29) is 18.8 Å². The molecule has 39 heavy (non-hydrogen) atoms. The first-order chi connectivity index (χ1) is 18.5. The van der Waals surface area contributed by atoms with Crippen molar-refractivity contribution in [1.29, 1.82) is 0 Å². The van der Waals surface area contributed by atoms with Gasteiger partial charge in [-0.1, -0.05) is 24.3 Å². The largest absolute Gasteiger partial charge is 0.478 e. The van der Waals surface area contributed by atoms with Gasteiger partial charge < -0.3 is 18.9 Å². The number of carbonyl (C=O) groups is 1. The van der Waals surface area contributed by atoms with Crippen molar-refractivity contribution >= 4 is 16.0 Å². The Labute approximate surface area is 230 Å². The van der Waals surface area contributed by atoms with E-state index in [0.717, 1.165) is 16.8 Å². The minimum Gasteiger partial charge on any atom is -0.478 e. The van der Waals surface area contributed by atoms with Crippen LogP contribution in [0.5, 0.6) is 5.88 Å². The number of ether oxygens (including phenoxy) is 4. The minimum absolute atomic E-state index is 0.0369. The summed E-state index contributed by atoms with van der Waals surface area (Å²) in [6.45, 7) is 8.84. The van der Waals surface area contributed by atoms with Gasteiger partial charge in [-0.2, -0.15) is 0 Å². The van der Waals surface area contributed by atoms with Gasteiger partial charge in [-0.05, 0) is 63.6 Å². The lowest BCUT2D eigenvalue weighted by Gasteiger charge is -2.37. The molecule has 0 N–H and O–H groups in total. The predicted molar refractivity (Wildman–Crippen MR) is 146 cm³/mol. The number of esters is 1. The predicted octanol–water partition coefficient (Wildman–Crippen LogP) is 4.19. The number of benzene rings is 1. The molecule has 2 atom stereocenters. The van der Waals surface area contributed by atoms with Gasteiger partial charge in [0.15, 0.2) is 10.5 Å². The summed E-state index contributed by atoms with van der Waals surface area (Å²) in [4.78, 5) is 17.6. The summed E-state index contributed by atoms with van der Waals surface area (Å²) in [6, 6.07) is 12.1. The number of piperidine rings is 1. The maximum Gasteiger partial charge on any atom is 0.328 e. The van der Waals surface area contributed by atoms with Crippen molar-refractivity contribution in [3.63, 3.8) is 0 Å². The van der Waals surface area contributed by atoms with E-state index in [9.17, 15) is 13.2 Å². The molecule has 1 aromatic carbocycles. The molecule has 2 unspecified atom stereocenters. The number of nitrogens with zero attached hydrogens (tertiary/aromatic N) is 2. The molecule has 2 saturated heterocycles. The Bertz CT molecular complexity index is 1320. The fraction of sp³-hybridized carbons (Fsp3) is 0.586. The van der Waals surface area contributed by atoms with Crippen LogP contribution in [-0.2, 0) is 29.0 Å². The molecule has 3 fully saturated rings. The maximum atomic E-state index is 14.0. The van der Waals surface area contributed by atoms with Crippen molar-refractivity contribution in [2.75, 3.05) is 26.8 Å². The summed E-state index contributed by atoms with van der Waals surface area (Å²) in [5.41, 5.74) is 4.18. The molecule has 0 bridgehead atoms. The summed E-state index contributed by atoms with van der Waals surface area (Å²) < 4.78 is 50.2. The molecule has 1 aliphatic carbocycles. The molecule has 1 aromatic heterocycles. The van der Waals surface area contributed by atoms with Crippen LogP contribution in [0.25, 0.3) is 11.3 Å². The van der Waals surface area contributed by atoms with E-state index in [1.54, 1.807) is 13.8 Å². The first-order valence-electron chi connectivity index (χ1n) is 13.6.